The molecule has 0 unspecified atom stereocenters. The molecule has 0 aromatic carbocycles. The molecule has 3 nitrogen and oxygen atoms in total. The summed E-state index contributed by atoms with van der Waals surface area (Å²) in [5.74, 6) is 0. The van der Waals surface area contributed by atoms with Crippen molar-refractivity contribution in [3.8, 4) is 0 Å². The molecule has 0 aliphatic rings. The first-order chi connectivity index (χ1) is 7.24. The first-order valence-corrected chi connectivity index (χ1v) is 5.93. The smallest absolute Gasteiger partial charge is 0.263 e. The number of aromatic nitrogens is 2. The number of rotatable bonds is 3. The molecule has 2 aromatic rings. The minimum atomic E-state index is -0.0246. The summed E-state index contributed by atoms with van der Waals surface area (Å²) in [6.07, 6.45) is 1.32. The van der Waals surface area contributed by atoms with Gasteiger partial charge in [0, 0.05) is 6.54 Å². The maximum atomic E-state index is 12.0. The molecule has 1 N–H and O–H groups in total. The minimum Gasteiger partial charge on any atom is -0.323 e. The van der Waals surface area contributed by atoms with Crippen LogP contribution < -0.4 is 5.56 Å². The van der Waals surface area contributed by atoms with Gasteiger partial charge in [-0.25, -0.2) is 0 Å². The molecule has 2 rings (SSSR count). The highest BCUT2D eigenvalue weighted by Gasteiger charge is 2.05. The number of nitrogens with one attached hydrogen (secondary N) is 1. The van der Waals surface area contributed by atoms with Crippen molar-refractivity contribution in [2.75, 3.05) is 0 Å². The van der Waals surface area contributed by atoms with Crippen LogP contribution >= 0.6 is 23.6 Å². The summed E-state index contributed by atoms with van der Waals surface area (Å²) in [6.45, 7) is 5.99. The van der Waals surface area contributed by atoms with Gasteiger partial charge in [-0.3, -0.25) is 9.36 Å². The first kappa shape index (κ1) is 10.6. The van der Waals surface area contributed by atoms with E-state index in [9.17, 15) is 4.79 Å². The number of aromatic amines is 1. The summed E-state index contributed by atoms with van der Waals surface area (Å²) in [5, 5.41) is 2.58. The number of hydrogen-bond donors (Lipinski definition) is 1. The molecule has 2 radical (unpaired) electrons. The van der Waals surface area contributed by atoms with E-state index in [1.165, 1.54) is 11.3 Å². The molecule has 15 heavy (non-hydrogen) atoms. The van der Waals surface area contributed by atoms with Crippen LogP contribution in [0.1, 0.15) is 12.8 Å². The number of hydrogen-bond acceptors (Lipinski definition) is 3. The SMILES string of the molecule is [CH]CCCn1c(=S)[nH]c2sccc2c1=O. The molecule has 0 fully saturated rings. The molecule has 0 bridgehead atoms. The summed E-state index contributed by atoms with van der Waals surface area (Å²) < 4.78 is 2.04. The molecule has 2 aromatic heterocycles. The third-order valence-electron chi connectivity index (χ3n) is 2.19. The van der Waals surface area contributed by atoms with Gasteiger partial charge in [-0.2, -0.15) is 0 Å². The average molecular weight is 238 g/mol. The lowest BCUT2D eigenvalue weighted by molar-refractivity contribution is 0.615. The van der Waals surface area contributed by atoms with Gasteiger partial charge < -0.3 is 4.98 Å². The number of H-pyrrole nitrogens is 1. The molecule has 0 aliphatic carbocycles. The second-order valence-corrected chi connectivity index (χ2v) is 4.50. The molecular weight excluding hydrogens is 228 g/mol. The van der Waals surface area contributed by atoms with Crippen molar-refractivity contribution in [1.82, 2.24) is 9.55 Å². The molecule has 78 valence electrons. The molecule has 2 heterocycles. The normalized spacial score (nSPS) is 11.0. The second-order valence-electron chi connectivity index (χ2n) is 3.19. The van der Waals surface area contributed by atoms with Crippen molar-refractivity contribution in [2.24, 2.45) is 0 Å². The predicted molar refractivity (Wildman–Crippen MR) is 64.8 cm³/mol. The summed E-state index contributed by atoms with van der Waals surface area (Å²) in [5.41, 5.74) is -0.0246. The third-order valence-corrected chi connectivity index (χ3v) is 3.34. The summed E-state index contributed by atoms with van der Waals surface area (Å²) in [7, 11) is 0. The van der Waals surface area contributed by atoms with E-state index in [-0.39, 0.29) is 5.56 Å². The molecule has 0 aliphatic heterocycles. The fraction of sp³-hybridized carbons (Fsp3) is 0.300. The van der Waals surface area contributed by atoms with E-state index >= 15 is 0 Å². The molecule has 0 saturated heterocycles. The van der Waals surface area contributed by atoms with Gasteiger partial charge in [-0.15, -0.1) is 11.3 Å². The predicted octanol–water partition coefficient (Wildman–Crippen LogP) is 2.61. The fourth-order valence-corrected chi connectivity index (χ4v) is 2.55. The van der Waals surface area contributed by atoms with E-state index in [0.717, 1.165) is 11.3 Å². The van der Waals surface area contributed by atoms with Gasteiger partial charge in [0.15, 0.2) is 4.77 Å². The Morgan fingerprint density at radius 2 is 2.40 bits per heavy atom. The van der Waals surface area contributed by atoms with Crippen LogP contribution in [0, 0.1) is 11.7 Å². The van der Waals surface area contributed by atoms with Gasteiger partial charge >= 0.3 is 0 Å². The van der Waals surface area contributed by atoms with Crippen LogP contribution in [0.4, 0.5) is 0 Å². The lowest BCUT2D eigenvalue weighted by Gasteiger charge is -2.04. The van der Waals surface area contributed by atoms with Gasteiger partial charge in [0.05, 0.1) is 5.39 Å². The Balaban J connectivity index is 2.62. The Bertz CT molecular complexity index is 579. The monoisotopic (exact) mass is 238 g/mol. The largest absolute Gasteiger partial charge is 0.323 e. The lowest BCUT2D eigenvalue weighted by Crippen LogP contribution is -2.21. The van der Waals surface area contributed by atoms with Gasteiger partial charge in [0.25, 0.3) is 5.56 Å². The van der Waals surface area contributed by atoms with Crippen molar-refractivity contribution in [2.45, 2.75) is 19.4 Å². The van der Waals surface area contributed by atoms with Crippen molar-refractivity contribution in [3.63, 3.8) is 0 Å². The van der Waals surface area contributed by atoms with Gasteiger partial charge in [0.2, 0.25) is 0 Å². The highest BCUT2D eigenvalue weighted by Crippen LogP contribution is 2.14. The topological polar surface area (TPSA) is 37.8 Å². The number of nitrogens with zero attached hydrogens (tertiary/aromatic N) is 1. The van der Waals surface area contributed by atoms with Gasteiger partial charge in [-0.05, 0) is 43.4 Å². The summed E-state index contributed by atoms with van der Waals surface area (Å²) >= 11 is 6.61. The van der Waals surface area contributed by atoms with E-state index in [0.29, 0.717) is 23.1 Å². The molecule has 0 amide bonds. The Hall–Kier alpha value is -0.940. The van der Waals surface area contributed by atoms with E-state index in [1.807, 2.05) is 11.4 Å². The standard InChI is InChI=1S/C10H10N2OS2/c1-2-3-5-12-9(13)7-4-6-15-8(7)11-10(12)14/h1,4,6H,2-3,5H2,(H,11,14). The molecule has 0 spiro atoms. The van der Waals surface area contributed by atoms with Crippen LogP contribution in [0.2, 0.25) is 0 Å². The summed E-state index contributed by atoms with van der Waals surface area (Å²) in [4.78, 5) is 15.8. The average Bonchev–Trinajstić information content (AvgIpc) is 2.65. The van der Waals surface area contributed by atoms with Crippen molar-refractivity contribution >= 4 is 33.8 Å². The van der Waals surface area contributed by atoms with E-state index in [4.69, 9.17) is 19.1 Å². The zero-order valence-corrected chi connectivity index (χ0v) is 9.66. The zero-order chi connectivity index (χ0) is 10.8. The van der Waals surface area contributed by atoms with Crippen LogP contribution in [0.15, 0.2) is 16.2 Å². The Kier molecular flexibility index (Phi) is 3.02. The minimum absolute atomic E-state index is 0.0246. The maximum Gasteiger partial charge on any atom is 0.263 e. The fourth-order valence-electron chi connectivity index (χ4n) is 1.43. The Labute approximate surface area is 96.4 Å². The molecule has 0 saturated carbocycles. The number of unbranched alkanes of at least 4 members (excludes halogenated alkanes) is 1. The highest BCUT2D eigenvalue weighted by molar-refractivity contribution is 7.71. The Morgan fingerprint density at radius 3 is 3.13 bits per heavy atom. The zero-order valence-electron chi connectivity index (χ0n) is 8.03. The Morgan fingerprint density at radius 1 is 1.60 bits per heavy atom. The van der Waals surface area contributed by atoms with Crippen LogP contribution in [-0.4, -0.2) is 9.55 Å². The van der Waals surface area contributed by atoms with Crippen LogP contribution in [0.3, 0.4) is 0 Å². The lowest BCUT2D eigenvalue weighted by atomic mass is 10.3. The molecule has 5 heteroatoms. The van der Waals surface area contributed by atoms with Crippen molar-refractivity contribution in [1.29, 1.82) is 0 Å². The number of fused-ring (bicyclic) bond motifs is 1. The quantitative estimate of drug-likeness (QED) is 0.835. The van der Waals surface area contributed by atoms with Gasteiger partial charge in [0.1, 0.15) is 4.83 Å². The third kappa shape index (κ3) is 1.89. The number of thiophene rings is 1. The molecule has 0 atom stereocenters. The van der Waals surface area contributed by atoms with Gasteiger partial charge in [-0.1, -0.05) is 0 Å². The maximum absolute atomic E-state index is 12.0. The highest BCUT2D eigenvalue weighted by atomic mass is 32.1. The van der Waals surface area contributed by atoms with Crippen LogP contribution in [-0.2, 0) is 6.54 Å². The van der Waals surface area contributed by atoms with E-state index < -0.39 is 0 Å². The van der Waals surface area contributed by atoms with E-state index in [1.54, 1.807) is 4.57 Å². The van der Waals surface area contributed by atoms with Crippen LogP contribution in [0.25, 0.3) is 10.2 Å². The summed E-state index contributed by atoms with van der Waals surface area (Å²) in [6, 6.07) is 1.81. The van der Waals surface area contributed by atoms with E-state index in [2.05, 4.69) is 4.98 Å². The molecular formula is C10H10N2OS2. The van der Waals surface area contributed by atoms with Crippen molar-refractivity contribution < 1.29 is 0 Å². The first-order valence-electron chi connectivity index (χ1n) is 4.64. The second kappa shape index (κ2) is 4.28. The van der Waals surface area contributed by atoms with Crippen molar-refractivity contribution in [3.05, 3.63) is 33.5 Å². The van der Waals surface area contributed by atoms with Crippen LogP contribution in [0.5, 0.6) is 0 Å².